The van der Waals surface area contributed by atoms with E-state index in [1.54, 1.807) is 0 Å². The highest BCUT2D eigenvalue weighted by Crippen LogP contribution is 2.17. The lowest BCUT2D eigenvalue weighted by atomic mass is 10.0. The second kappa shape index (κ2) is 7.32. The third kappa shape index (κ3) is 4.69. The van der Waals surface area contributed by atoms with Crippen LogP contribution in [0.25, 0.3) is 0 Å². The van der Waals surface area contributed by atoms with Crippen LogP contribution < -0.4 is 5.32 Å². The van der Waals surface area contributed by atoms with Crippen molar-refractivity contribution in [3.8, 4) is 0 Å². The van der Waals surface area contributed by atoms with Crippen LogP contribution >= 0.6 is 0 Å². The maximum absolute atomic E-state index is 3.47. The number of hydrogen-bond donors (Lipinski definition) is 1. The fourth-order valence-electron chi connectivity index (χ4n) is 1.77. The summed E-state index contributed by atoms with van der Waals surface area (Å²) in [5.41, 5.74) is 2.66. The molecule has 90 valence electrons. The summed E-state index contributed by atoms with van der Waals surface area (Å²) in [7, 11) is 0. The van der Waals surface area contributed by atoms with Crippen molar-refractivity contribution < 1.29 is 0 Å². The summed E-state index contributed by atoms with van der Waals surface area (Å²) in [4.78, 5) is 0. The van der Waals surface area contributed by atoms with Crippen molar-refractivity contribution in [3.63, 3.8) is 0 Å². The zero-order valence-electron chi connectivity index (χ0n) is 10.9. The average Bonchev–Trinajstić information content (AvgIpc) is 2.29. The lowest BCUT2D eigenvalue weighted by Gasteiger charge is -2.09. The normalized spacial score (nSPS) is 10.8. The Morgan fingerprint density at radius 3 is 2.25 bits per heavy atom. The van der Waals surface area contributed by atoms with Crippen molar-refractivity contribution in [1.29, 1.82) is 0 Å². The van der Waals surface area contributed by atoms with Gasteiger partial charge in [-0.1, -0.05) is 52.2 Å². The van der Waals surface area contributed by atoms with E-state index in [1.807, 2.05) is 0 Å². The van der Waals surface area contributed by atoms with Crippen LogP contribution in [0, 0.1) is 0 Å². The number of unbranched alkanes of at least 4 members (excludes halogenated alkanes) is 3. The Labute approximate surface area is 100 Å². The van der Waals surface area contributed by atoms with Gasteiger partial charge in [0.2, 0.25) is 0 Å². The van der Waals surface area contributed by atoms with E-state index in [9.17, 15) is 0 Å². The standard InChI is InChI=1S/C15H25N/c1-4-5-6-7-12-16-15-10-8-14(9-11-15)13(2)3/h8-11,13,16H,4-7,12H2,1-3H3. The van der Waals surface area contributed by atoms with Crippen LogP contribution in [-0.2, 0) is 0 Å². The Hall–Kier alpha value is -0.980. The minimum absolute atomic E-state index is 0.624. The molecule has 0 bridgehead atoms. The fourth-order valence-corrected chi connectivity index (χ4v) is 1.77. The molecule has 0 atom stereocenters. The molecule has 1 nitrogen and oxygen atoms in total. The largest absolute Gasteiger partial charge is 0.385 e. The third-order valence-electron chi connectivity index (χ3n) is 2.94. The molecule has 0 aliphatic rings. The second-order valence-corrected chi connectivity index (χ2v) is 4.76. The van der Waals surface area contributed by atoms with Crippen LogP contribution in [0.4, 0.5) is 5.69 Å². The van der Waals surface area contributed by atoms with Crippen molar-refractivity contribution in [2.75, 3.05) is 11.9 Å². The minimum atomic E-state index is 0.624. The SMILES string of the molecule is CCCCCCNc1ccc(C(C)C)cc1. The Morgan fingerprint density at radius 1 is 1.00 bits per heavy atom. The van der Waals surface area contributed by atoms with E-state index in [0.29, 0.717) is 5.92 Å². The summed E-state index contributed by atoms with van der Waals surface area (Å²) >= 11 is 0. The summed E-state index contributed by atoms with van der Waals surface area (Å²) in [5, 5.41) is 3.47. The molecule has 0 fully saturated rings. The van der Waals surface area contributed by atoms with Gasteiger partial charge in [-0.25, -0.2) is 0 Å². The molecular weight excluding hydrogens is 194 g/mol. The first-order chi connectivity index (χ1) is 7.74. The summed E-state index contributed by atoms with van der Waals surface area (Å²) < 4.78 is 0. The number of nitrogens with one attached hydrogen (secondary N) is 1. The molecule has 16 heavy (non-hydrogen) atoms. The summed E-state index contributed by atoms with van der Waals surface area (Å²) in [6.07, 6.45) is 5.28. The van der Waals surface area contributed by atoms with Crippen LogP contribution in [0.1, 0.15) is 57.9 Å². The Kier molecular flexibility index (Phi) is 5.99. The van der Waals surface area contributed by atoms with Crippen molar-refractivity contribution in [1.82, 2.24) is 0 Å². The predicted molar refractivity (Wildman–Crippen MR) is 73.2 cm³/mol. The molecule has 1 N–H and O–H groups in total. The van der Waals surface area contributed by atoms with E-state index in [2.05, 4.69) is 50.4 Å². The molecule has 1 aromatic carbocycles. The molecule has 1 heteroatoms. The molecule has 0 amide bonds. The summed E-state index contributed by atoms with van der Waals surface area (Å²) in [5.74, 6) is 0.624. The molecule has 0 radical (unpaired) electrons. The van der Waals surface area contributed by atoms with Gasteiger partial charge in [0.15, 0.2) is 0 Å². The van der Waals surface area contributed by atoms with Gasteiger partial charge < -0.3 is 5.32 Å². The molecular formula is C15H25N. The van der Waals surface area contributed by atoms with Crippen molar-refractivity contribution in [2.24, 2.45) is 0 Å². The van der Waals surface area contributed by atoms with Crippen LogP contribution in [0.15, 0.2) is 24.3 Å². The summed E-state index contributed by atoms with van der Waals surface area (Å²) in [6, 6.07) is 8.82. The molecule has 0 spiro atoms. The lowest BCUT2D eigenvalue weighted by Crippen LogP contribution is -2.01. The summed E-state index contributed by atoms with van der Waals surface area (Å²) in [6.45, 7) is 7.81. The molecule has 0 aromatic heterocycles. The third-order valence-corrected chi connectivity index (χ3v) is 2.94. The van der Waals surface area contributed by atoms with E-state index in [0.717, 1.165) is 6.54 Å². The highest BCUT2D eigenvalue weighted by atomic mass is 14.9. The monoisotopic (exact) mass is 219 g/mol. The number of benzene rings is 1. The fraction of sp³-hybridized carbons (Fsp3) is 0.600. The zero-order chi connectivity index (χ0) is 11.8. The molecule has 1 rings (SSSR count). The van der Waals surface area contributed by atoms with Gasteiger partial charge in [0.25, 0.3) is 0 Å². The Morgan fingerprint density at radius 2 is 1.69 bits per heavy atom. The molecule has 0 saturated heterocycles. The molecule has 0 heterocycles. The van der Waals surface area contributed by atoms with Crippen LogP contribution in [0.2, 0.25) is 0 Å². The Bertz CT molecular complexity index is 274. The molecule has 1 aromatic rings. The van der Waals surface area contributed by atoms with E-state index in [1.165, 1.54) is 36.9 Å². The molecule has 0 aliphatic heterocycles. The van der Waals surface area contributed by atoms with E-state index >= 15 is 0 Å². The minimum Gasteiger partial charge on any atom is -0.385 e. The average molecular weight is 219 g/mol. The molecule has 0 unspecified atom stereocenters. The van der Waals surface area contributed by atoms with Crippen LogP contribution in [0.3, 0.4) is 0 Å². The topological polar surface area (TPSA) is 12.0 Å². The molecule has 0 saturated carbocycles. The molecule has 0 aliphatic carbocycles. The van der Waals surface area contributed by atoms with Gasteiger partial charge in [0, 0.05) is 12.2 Å². The number of anilines is 1. The van der Waals surface area contributed by atoms with Crippen LogP contribution in [0.5, 0.6) is 0 Å². The van der Waals surface area contributed by atoms with Gasteiger partial charge in [0.05, 0.1) is 0 Å². The van der Waals surface area contributed by atoms with Crippen molar-refractivity contribution in [3.05, 3.63) is 29.8 Å². The van der Waals surface area contributed by atoms with Gasteiger partial charge in [-0.15, -0.1) is 0 Å². The van der Waals surface area contributed by atoms with Crippen molar-refractivity contribution >= 4 is 5.69 Å². The van der Waals surface area contributed by atoms with Crippen LogP contribution in [-0.4, -0.2) is 6.54 Å². The quantitative estimate of drug-likeness (QED) is 0.649. The second-order valence-electron chi connectivity index (χ2n) is 4.76. The first-order valence-corrected chi connectivity index (χ1v) is 6.58. The highest BCUT2D eigenvalue weighted by Gasteiger charge is 1.98. The first kappa shape index (κ1) is 13.1. The van der Waals surface area contributed by atoms with Gasteiger partial charge in [-0.2, -0.15) is 0 Å². The van der Waals surface area contributed by atoms with Gasteiger partial charge >= 0.3 is 0 Å². The van der Waals surface area contributed by atoms with Gasteiger partial charge in [-0.3, -0.25) is 0 Å². The Balaban J connectivity index is 2.27. The highest BCUT2D eigenvalue weighted by molar-refractivity contribution is 5.44. The maximum Gasteiger partial charge on any atom is 0.0340 e. The van der Waals surface area contributed by atoms with E-state index in [4.69, 9.17) is 0 Å². The number of rotatable bonds is 7. The van der Waals surface area contributed by atoms with E-state index in [-0.39, 0.29) is 0 Å². The van der Waals surface area contributed by atoms with Gasteiger partial charge in [0.1, 0.15) is 0 Å². The van der Waals surface area contributed by atoms with E-state index < -0.39 is 0 Å². The van der Waals surface area contributed by atoms with Gasteiger partial charge in [-0.05, 0) is 30.0 Å². The lowest BCUT2D eigenvalue weighted by molar-refractivity contribution is 0.685. The van der Waals surface area contributed by atoms with Crippen molar-refractivity contribution in [2.45, 2.75) is 52.4 Å². The predicted octanol–water partition coefficient (Wildman–Crippen LogP) is 4.80. The first-order valence-electron chi connectivity index (χ1n) is 6.58. The smallest absolute Gasteiger partial charge is 0.0340 e. The zero-order valence-corrected chi connectivity index (χ0v) is 10.9. The number of hydrogen-bond acceptors (Lipinski definition) is 1. The maximum atomic E-state index is 3.47.